The van der Waals surface area contributed by atoms with E-state index in [2.05, 4.69) is 0 Å². The molecule has 24 heavy (non-hydrogen) atoms. The third-order valence-electron chi connectivity index (χ3n) is 4.03. The minimum atomic E-state index is -0.331. The van der Waals surface area contributed by atoms with E-state index in [1.807, 2.05) is 43.3 Å². The van der Waals surface area contributed by atoms with Gasteiger partial charge in [-0.05, 0) is 43.2 Å². The molecule has 1 aromatic heterocycles. The lowest BCUT2D eigenvalue weighted by Gasteiger charge is -2.12. The molecule has 0 bridgehead atoms. The van der Waals surface area contributed by atoms with E-state index < -0.39 is 0 Å². The number of benzene rings is 2. The van der Waals surface area contributed by atoms with Crippen LogP contribution in [0.1, 0.15) is 28.4 Å². The molecule has 1 heterocycles. The standard InChI is InChI=1S/C20H19NO3/c1-3-24-20(23)16-10-8-15(9-11-16)13-21-18-7-5-4-6-17(18)14(2)12-19(21)22/h4-12H,3,13H2,1-2H3. The van der Waals surface area contributed by atoms with Gasteiger partial charge in [0, 0.05) is 11.5 Å². The first-order chi connectivity index (χ1) is 11.6. The van der Waals surface area contributed by atoms with Crippen molar-refractivity contribution in [3.8, 4) is 0 Å². The normalized spacial score (nSPS) is 10.8. The van der Waals surface area contributed by atoms with Crippen LogP contribution in [-0.2, 0) is 11.3 Å². The minimum Gasteiger partial charge on any atom is -0.462 e. The number of rotatable bonds is 4. The number of hydrogen-bond donors (Lipinski definition) is 0. The van der Waals surface area contributed by atoms with E-state index >= 15 is 0 Å². The van der Waals surface area contributed by atoms with Gasteiger partial charge in [-0.15, -0.1) is 0 Å². The third-order valence-corrected chi connectivity index (χ3v) is 4.03. The summed E-state index contributed by atoms with van der Waals surface area (Å²) in [5.41, 5.74) is 3.34. The Kier molecular flexibility index (Phi) is 4.47. The van der Waals surface area contributed by atoms with Crippen LogP contribution in [-0.4, -0.2) is 17.1 Å². The van der Waals surface area contributed by atoms with E-state index in [9.17, 15) is 9.59 Å². The maximum atomic E-state index is 12.4. The molecular formula is C20H19NO3. The Bertz CT molecular complexity index is 939. The second-order valence-corrected chi connectivity index (χ2v) is 5.69. The molecule has 3 aromatic rings. The molecular weight excluding hydrogens is 302 g/mol. The van der Waals surface area contributed by atoms with Crippen LogP contribution in [0.5, 0.6) is 0 Å². The minimum absolute atomic E-state index is 0.0272. The summed E-state index contributed by atoms with van der Waals surface area (Å²) in [5, 5.41) is 1.07. The van der Waals surface area contributed by atoms with Gasteiger partial charge in [-0.25, -0.2) is 4.79 Å². The fourth-order valence-electron chi connectivity index (χ4n) is 2.81. The number of aryl methyl sites for hydroxylation is 1. The van der Waals surface area contributed by atoms with Gasteiger partial charge in [0.2, 0.25) is 0 Å². The highest BCUT2D eigenvalue weighted by atomic mass is 16.5. The van der Waals surface area contributed by atoms with E-state index in [-0.39, 0.29) is 11.5 Å². The number of aromatic nitrogens is 1. The SMILES string of the molecule is CCOC(=O)c1ccc(Cn2c(=O)cc(C)c3ccccc32)cc1. The molecule has 0 saturated heterocycles. The molecule has 0 amide bonds. The van der Waals surface area contributed by atoms with E-state index in [1.165, 1.54) is 0 Å². The molecule has 3 rings (SSSR count). The second kappa shape index (κ2) is 6.71. The molecule has 0 spiro atoms. The number of hydrogen-bond acceptors (Lipinski definition) is 3. The van der Waals surface area contributed by atoms with Crippen LogP contribution in [0.2, 0.25) is 0 Å². The van der Waals surface area contributed by atoms with Gasteiger partial charge in [0.05, 0.1) is 24.2 Å². The first-order valence-corrected chi connectivity index (χ1v) is 7.95. The van der Waals surface area contributed by atoms with Crippen molar-refractivity contribution >= 4 is 16.9 Å². The van der Waals surface area contributed by atoms with Crippen LogP contribution in [0.3, 0.4) is 0 Å². The number of carbonyl (C=O) groups is 1. The van der Waals surface area contributed by atoms with Gasteiger partial charge in [-0.2, -0.15) is 0 Å². The van der Waals surface area contributed by atoms with Gasteiger partial charge < -0.3 is 9.30 Å². The van der Waals surface area contributed by atoms with Crippen LogP contribution >= 0.6 is 0 Å². The summed E-state index contributed by atoms with van der Waals surface area (Å²) < 4.78 is 6.73. The number of para-hydroxylation sites is 1. The van der Waals surface area contributed by atoms with E-state index in [0.717, 1.165) is 22.0 Å². The first-order valence-electron chi connectivity index (χ1n) is 7.95. The van der Waals surface area contributed by atoms with Crippen molar-refractivity contribution in [2.45, 2.75) is 20.4 Å². The van der Waals surface area contributed by atoms with Gasteiger partial charge in [0.15, 0.2) is 0 Å². The Morgan fingerprint density at radius 2 is 1.79 bits per heavy atom. The Balaban J connectivity index is 1.96. The quantitative estimate of drug-likeness (QED) is 0.691. The molecule has 0 saturated carbocycles. The van der Waals surface area contributed by atoms with Crippen LogP contribution in [0.15, 0.2) is 59.4 Å². The molecule has 0 radical (unpaired) electrons. The monoisotopic (exact) mass is 321 g/mol. The zero-order valence-electron chi connectivity index (χ0n) is 13.8. The Morgan fingerprint density at radius 3 is 2.50 bits per heavy atom. The number of carbonyl (C=O) groups excluding carboxylic acids is 1. The molecule has 2 aromatic carbocycles. The molecule has 122 valence electrons. The highest BCUT2D eigenvalue weighted by Crippen LogP contribution is 2.17. The molecule has 0 aliphatic heterocycles. The number of pyridine rings is 1. The maximum Gasteiger partial charge on any atom is 0.338 e. The lowest BCUT2D eigenvalue weighted by Crippen LogP contribution is -2.21. The average molecular weight is 321 g/mol. The zero-order chi connectivity index (χ0) is 17.1. The van der Waals surface area contributed by atoms with E-state index in [1.54, 1.807) is 29.7 Å². The molecule has 0 fully saturated rings. The Hall–Kier alpha value is -2.88. The smallest absolute Gasteiger partial charge is 0.338 e. The molecule has 4 heteroatoms. The van der Waals surface area contributed by atoms with Gasteiger partial charge in [-0.1, -0.05) is 30.3 Å². The highest BCUT2D eigenvalue weighted by molar-refractivity contribution is 5.89. The summed E-state index contributed by atoms with van der Waals surface area (Å²) in [4.78, 5) is 24.1. The zero-order valence-corrected chi connectivity index (χ0v) is 13.8. The second-order valence-electron chi connectivity index (χ2n) is 5.69. The largest absolute Gasteiger partial charge is 0.462 e. The highest BCUT2D eigenvalue weighted by Gasteiger charge is 2.08. The van der Waals surface area contributed by atoms with Crippen LogP contribution in [0.4, 0.5) is 0 Å². The van der Waals surface area contributed by atoms with Crippen LogP contribution in [0, 0.1) is 6.92 Å². The lowest BCUT2D eigenvalue weighted by atomic mass is 10.1. The fourth-order valence-corrected chi connectivity index (χ4v) is 2.81. The van der Waals surface area contributed by atoms with Crippen molar-refractivity contribution in [3.05, 3.63) is 81.6 Å². The van der Waals surface area contributed by atoms with Crippen molar-refractivity contribution < 1.29 is 9.53 Å². The summed E-state index contributed by atoms with van der Waals surface area (Å²) in [6.45, 7) is 4.54. The summed E-state index contributed by atoms with van der Waals surface area (Å²) in [6.07, 6.45) is 0. The van der Waals surface area contributed by atoms with Gasteiger partial charge in [0.25, 0.3) is 5.56 Å². The van der Waals surface area contributed by atoms with Crippen molar-refractivity contribution in [2.75, 3.05) is 6.61 Å². The van der Waals surface area contributed by atoms with Crippen LogP contribution in [0.25, 0.3) is 10.9 Å². The number of fused-ring (bicyclic) bond motifs is 1. The third kappa shape index (κ3) is 3.08. The number of ether oxygens (including phenoxy) is 1. The Labute approximate surface area is 140 Å². The van der Waals surface area contributed by atoms with Crippen molar-refractivity contribution in [2.24, 2.45) is 0 Å². The molecule has 0 N–H and O–H groups in total. The summed E-state index contributed by atoms with van der Waals surface area (Å²) in [6, 6.07) is 16.7. The average Bonchev–Trinajstić information content (AvgIpc) is 2.59. The first kappa shape index (κ1) is 16.0. The number of nitrogens with zero attached hydrogens (tertiary/aromatic N) is 1. The van der Waals surface area contributed by atoms with Crippen molar-refractivity contribution in [1.82, 2.24) is 4.57 Å². The summed E-state index contributed by atoms with van der Waals surface area (Å²) in [7, 11) is 0. The topological polar surface area (TPSA) is 48.3 Å². The fraction of sp³-hybridized carbons (Fsp3) is 0.200. The molecule has 4 nitrogen and oxygen atoms in total. The summed E-state index contributed by atoms with van der Waals surface area (Å²) >= 11 is 0. The molecule has 0 aliphatic rings. The van der Waals surface area contributed by atoms with Crippen LogP contribution < -0.4 is 5.56 Å². The predicted octanol–water partition coefficient (Wildman–Crippen LogP) is 3.53. The Morgan fingerprint density at radius 1 is 1.08 bits per heavy atom. The number of esters is 1. The molecule has 0 unspecified atom stereocenters. The maximum absolute atomic E-state index is 12.4. The molecule has 0 aliphatic carbocycles. The van der Waals surface area contributed by atoms with Gasteiger partial charge >= 0.3 is 5.97 Å². The summed E-state index contributed by atoms with van der Waals surface area (Å²) in [5.74, 6) is -0.331. The lowest BCUT2D eigenvalue weighted by molar-refractivity contribution is 0.0526. The predicted molar refractivity (Wildman–Crippen MR) is 94.4 cm³/mol. The van der Waals surface area contributed by atoms with Crippen molar-refractivity contribution in [1.29, 1.82) is 0 Å². The van der Waals surface area contributed by atoms with E-state index in [4.69, 9.17) is 4.74 Å². The van der Waals surface area contributed by atoms with Crippen molar-refractivity contribution in [3.63, 3.8) is 0 Å². The van der Waals surface area contributed by atoms with E-state index in [0.29, 0.717) is 18.7 Å². The molecule has 0 atom stereocenters. The van der Waals surface area contributed by atoms with Gasteiger partial charge in [0.1, 0.15) is 0 Å². The van der Waals surface area contributed by atoms with Gasteiger partial charge in [-0.3, -0.25) is 4.79 Å².